The number of benzene rings is 2. The van der Waals surface area contributed by atoms with Gasteiger partial charge in [0, 0.05) is 16.1 Å². The highest BCUT2D eigenvalue weighted by atomic mass is 35.5. The number of hydrogen-bond acceptors (Lipinski definition) is 4. The second kappa shape index (κ2) is 6.46. The van der Waals surface area contributed by atoms with Crippen LogP contribution in [-0.2, 0) is 11.3 Å². The van der Waals surface area contributed by atoms with Gasteiger partial charge in [-0.3, -0.25) is 14.8 Å². The van der Waals surface area contributed by atoms with Gasteiger partial charge in [-0.25, -0.2) is 9.87 Å². The van der Waals surface area contributed by atoms with Crippen LogP contribution < -0.4 is 15.1 Å². The van der Waals surface area contributed by atoms with Crippen molar-refractivity contribution in [2.45, 2.75) is 6.54 Å². The Bertz CT molecular complexity index is 828. The van der Waals surface area contributed by atoms with Crippen LogP contribution in [0.1, 0.15) is 15.9 Å². The van der Waals surface area contributed by atoms with E-state index in [0.717, 1.165) is 0 Å². The molecular formula is C16H12ClFN2O4. The lowest BCUT2D eigenvalue weighted by atomic mass is 10.1. The van der Waals surface area contributed by atoms with Crippen LogP contribution in [0.4, 0.5) is 10.1 Å². The zero-order chi connectivity index (χ0) is 17.3. The Morgan fingerprint density at radius 2 is 2.12 bits per heavy atom. The largest absolute Gasteiger partial charge is 0.482 e. The lowest BCUT2D eigenvalue weighted by molar-refractivity contribution is -0.121. The Morgan fingerprint density at radius 1 is 1.33 bits per heavy atom. The van der Waals surface area contributed by atoms with Gasteiger partial charge in [0.1, 0.15) is 11.6 Å². The van der Waals surface area contributed by atoms with Crippen LogP contribution in [0.2, 0.25) is 5.02 Å². The predicted molar refractivity (Wildman–Crippen MR) is 83.8 cm³/mol. The van der Waals surface area contributed by atoms with E-state index in [1.165, 1.54) is 46.8 Å². The van der Waals surface area contributed by atoms with Crippen molar-refractivity contribution in [3.63, 3.8) is 0 Å². The van der Waals surface area contributed by atoms with E-state index >= 15 is 0 Å². The third kappa shape index (κ3) is 3.04. The first-order valence-electron chi connectivity index (χ1n) is 6.95. The molecule has 2 aromatic carbocycles. The van der Waals surface area contributed by atoms with Crippen LogP contribution in [0.15, 0.2) is 36.4 Å². The van der Waals surface area contributed by atoms with Crippen molar-refractivity contribution in [2.75, 3.05) is 11.5 Å². The van der Waals surface area contributed by atoms with Gasteiger partial charge in [-0.2, -0.15) is 0 Å². The van der Waals surface area contributed by atoms with E-state index in [-0.39, 0.29) is 35.2 Å². The molecular weight excluding hydrogens is 339 g/mol. The Labute approximate surface area is 141 Å². The Balaban J connectivity index is 1.99. The number of nitrogens with zero attached hydrogens (tertiary/aromatic N) is 1. The number of hydroxylamine groups is 1. The molecule has 2 N–H and O–H groups in total. The van der Waals surface area contributed by atoms with Gasteiger partial charge in [0.05, 0.1) is 12.2 Å². The molecule has 3 rings (SSSR count). The molecule has 0 bridgehead atoms. The van der Waals surface area contributed by atoms with Crippen molar-refractivity contribution in [1.29, 1.82) is 0 Å². The normalized spacial score (nSPS) is 13.3. The number of carbonyl (C=O) groups excluding carboxylic acids is 2. The minimum absolute atomic E-state index is 0.0393. The van der Waals surface area contributed by atoms with Crippen molar-refractivity contribution in [2.24, 2.45) is 0 Å². The summed E-state index contributed by atoms with van der Waals surface area (Å²) in [4.78, 5) is 25.1. The molecule has 6 nitrogen and oxygen atoms in total. The second-order valence-electron chi connectivity index (χ2n) is 5.13. The first kappa shape index (κ1) is 16.2. The number of amides is 2. The predicted octanol–water partition coefficient (Wildman–Crippen LogP) is 2.52. The van der Waals surface area contributed by atoms with E-state index < -0.39 is 11.7 Å². The molecule has 0 aromatic heterocycles. The van der Waals surface area contributed by atoms with Gasteiger partial charge in [-0.15, -0.1) is 0 Å². The third-order valence-electron chi connectivity index (χ3n) is 3.61. The fourth-order valence-electron chi connectivity index (χ4n) is 2.40. The van der Waals surface area contributed by atoms with E-state index in [4.69, 9.17) is 21.5 Å². The molecule has 0 fully saturated rings. The van der Waals surface area contributed by atoms with Crippen LogP contribution >= 0.6 is 11.6 Å². The van der Waals surface area contributed by atoms with Crippen LogP contribution in [0.5, 0.6) is 5.75 Å². The van der Waals surface area contributed by atoms with Gasteiger partial charge in [0.25, 0.3) is 11.8 Å². The molecule has 0 spiro atoms. The van der Waals surface area contributed by atoms with Crippen LogP contribution in [-0.4, -0.2) is 23.6 Å². The number of hydrogen-bond donors (Lipinski definition) is 2. The summed E-state index contributed by atoms with van der Waals surface area (Å²) in [5.74, 6) is -1.25. The highest BCUT2D eigenvalue weighted by Crippen LogP contribution is 2.34. The summed E-state index contributed by atoms with van der Waals surface area (Å²) in [6.07, 6.45) is 0. The average molecular weight is 351 g/mol. The lowest BCUT2D eigenvalue weighted by Crippen LogP contribution is -2.38. The molecule has 2 aromatic rings. The molecule has 0 unspecified atom stereocenters. The number of fused-ring (bicyclic) bond motifs is 1. The monoisotopic (exact) mass is 350 g/mol. The Hall–Kier alpha value is -2.64. The smallest absolute Gasteiger partial charge is 0.274 e. The quantitative estimate of drug-likeness (QED) is 0.658. The summed E-state index contributed by atoms with van der Waals surface area (Å²) in [6, 6.07) is 8.54. The molecule has 0 aliphatic carbocycles. The van der Waals surface area contributed by atoms with Gasteiger partial charge in [-0.1, -0.05) is 17.7 Å². The lowest BCUT2D eigenvalue weighted by Gasteiger charge is -2.30. The van der Waals surface area contributed by atoms with Gasteiger partial charge < -0.3 is 9.64 Å². The molecule has 0 saturated heterocycles. The zero-order valence-electron chi connectivity index (χ0n) is 12.3. The summed E-state index contributed by atoms with van der Waals surface area (Å²) in [5, 5.41) is 8.99. The van der Waals surface area contributed by atoms with Crippen molar-refractivity contribution in [3.05, 3.63) is 58.4 Å². The third-order valence-corrected chi connectivity index (χ3v) is 3.84. The van der Waals surface area contributed by atoms with Gasteiger partial charge >= 0.3 is 0 Å². The fraction of sp³-hybridized carbons (Fsp3) is 0.125. The van der Waals surface area contributed by atoms with E-state index in [0.29, 0.717) is 11.4 Å². The summed E-state index contributed by atoms with van der Waals surface area (Å²) in [5.41, 5.74) is 2.25. The number of rotatable bonds is 3. The summed E-state index contributed by atoms with van der Waals surface area (Å²) in [6.45, 7) is -0.226. The molecule has 24 heavy (non-hydrogen) atoms. The second-order valence-corrected chi connectivity index (χ2v) is 5.56. The maximum atomic E-state index is 14.0. The van der Waals surface area contributed by atoms with Crippen LogP contribution in [0.25, 0.3) is 0 Å². The first-order chi connectivity index (χ1) is 11.5. The zero-order valence-corrected chi connectivity index (χ0v) is 13.0. The number of nitrogens with one attached hydrogen (secondary N) is 1. The van der Waals surface area contributed by atoms with Crippen molar-refractivity contribution in [3.8, 4) is 5.75 Å². The van der Waals surface area contributed by atoms with Crippen molar-refractivity contribution in [1.82, 2.24) is 5.48 Å². The number of anilines is 1. The molecule has 0 atom stereocenters. The minimum atomic E-state index is -0.728. The molecule has 2 amide bonds. The highest BCUT2D eigenvalue weighted by molar-refractivity contribution is 6.30. The summed E-state index contributed by atoms with van der Waals surface area (Å²) >= 11 is 5.73. The SMILES string of the molecule is O=C(NO)c1ccc2c(c1)N(Cc1ccc(Cl)cc1F)C(=O)CO2. The van der Waals surface area contributed by atoms with E-state index in [2.05, 4.69) is 0 Å². The van der Waals surface area contributed by atoms with Crippen LogP contribution in [0.3, 0.4) is 0 Å². The number of ether oxygens (including phenoxy) is 1. The molecule has 0 radical (unpaired) electrons. The van der Waals surface area contributed by atoms with Crippen LogP contribution in [0, 0.1) is 5.82 Å². The van der Waals surface area contributed by atoms with E-state index in [1.54, 1.807) is 0 Å². The maximum Gasteiger partial charge on any atom is 0.274 e. The topological polar surface area (TPSA) is 78.9 Å². The average Bonchev–Trinajstić information content (AvgIpc) is 2.58. The number of carbonyl (C=O) groups is 2. The first-order valence-corrected chi connectivity index (χ1v) is 7.33. The molecule has 0 saturated carbocycles. The van der Waals surface area contributed by atoms with E-state index in [9.17, 15) is 14.0 Å². The summed E-state index contributed by atoms with van der Waals surface area (Å²) in [7, 11) is 0. The standard InChI is InChI=1S/C16H12ClFN2O4/c17-11-3-1-10(12(18)6-11)7-20-13-5-9(16(22)19-23)2-4-14(13)24-8-15(20)21/h1-6,23H,7-8H2,(H,19,22). The molecule has 124 valence electrons. The maximum absolute atomic E-state index is 14.0. The molecule has 1 heterocycles. The van der Waals surface area contributed by atoms with Crippen molar-refractivity contribution >= 4 is 29.1 Å². The minimum Gasteiger partial charge on any atom is -0.482 e. The fourth-order valence-corrected chi connectivity index (χ4v) is 2.56. The van der Waals surface area contributed by atoms with Gasteiger partial charge in [0.2, 0.25) is 0 Å². The number of halogens is 2. The van der Waals surface area contributed by atoms with Gasteiger partial charge in [-0.05, 0) is 30.3 Å². The Morgan fingerprint density at radius 3 is 2.83 bits per heavy atom. The molecule has 8 heteroatoms. The van der Waals surface area contributed by atoms with E-state index in [1.807, 2.05) is 0 Å². The van der Waals surface area contributed by atoms with Crippen molar-refractivity contribution < 1.29 is 23.9 Å². The molecule has 1 aliphatic heterocycles. The molecule has 1 aliphatic rings. The van der Waals surface area contributed by atoms with Gasteiger partial charge in [0.15, 0.2) is 6.61 Å². The Kier molecular flexibility index (Phi) is 4.37. The highest BCUT2D eigenvalue weighted by Gasteiger charge is 2.27. The summed E-state index contributed by atoms with van der Waals surface area (Å²) < 4.78 is 19.3.